The van der Waals surface area contributed by atoms with Crippen LogP contribution in [0.1, 0.15) is 48.4 Å². The van der Waals surface area contributed by atoms with Crippen molar-refractivity contribution < 1.29 is 23.4 Å². The summed E-state index contributed by atoms with van der Waals surface area (Å²) in [6.07, 6.45) is 2.68. The van der Waals surface area contributed by atoms with Crippen LogP contribution in [0.25, 0.3) is 10.9 Å². The Bertz CT molecular complexity index is 1280. The monoisotopic (exact) mass is 502 g/mol. The fraction of sp³-hybridized carbons (Fsp3) is 0.400. The number of anilines is 1. The summed E-state index contributed by atoms with van der Waals surface area (Å²) in [5, 5.41) is 24.8. The number of nitrogens with one attached hydrogen (secondary N) is 3. The zero-order valence-electron chi connectivity index (χ0n) is 20.5. The molecule has 5 N–H and O–H groups in total. The smallest absolute Gasteiger partial charge is 0.255 e. The zero-order chi connectivity index (χ0) is 25.8. The molecule has 0 spiro atoms. The van der Waals surface area contributed by atoms with Gasteiger partial charge < -0.3 is 25.4 Å². The number of aromatic hydroxyl groups is 1. The maximum Gasteiger partial charge on any atom is 0.255 e. The van der Waals surface area contributed by atoms with Gasteiger partial charge in [0.2, 0.25) is 10.0 Å². The number of nitrogens with zero attached hydrogens (tertiary/aromatic N) is 1. The lowest BCUT2D eigenvalue weighted by molar-refractivity contribution is 0.0774. The van der Waals surface area contributed by atoms with Crippen molar-refractivity contribution in [3.63, 3.8) is 0 Å². The van der Waals surface area contributed by atoms with Gasteiger partial charge in [0.05, 0.1) is 29.1 Å². The maximum atomic E-state index is 12.9. The van der Waals surface area contributed by atoms with Gasteiger partial charge in [-0.05, 0) is 56.5 Å². The molecule has 0 aliphatic carbocycles. The lowest BCUT2D eigenvalue weighted by Gasteiger charge is -2.19. The van der Waals surface area contributed by atoms with E-state index in [9.17, 15) is 23.4 Å². The highest BCUT2D eigenvalue weighted by Gasteiger charge is 2.19. The van der Waals surface area contributed by atoms with Crippen LogP contribution in [-0.4, -0.2) is 66.4 Å². The normalized spacial score (nSPS) is 13.5. The van der Waals surface area contributed by atoms with Crippen LogP contribution in [0.15, 0.2) is 42.6 Å². The Kier molecular flexibility index (Phi) is 8.42. The van der Waals surface area contributed by atoms with Gasteiger partial charge in [0, 0.05) is 37.3 Å². The van der Waals surface area contributed by atoms with E-state index in [-0.39, 0.29) is 29.9 Å². The number of phenols is 1. The highest BCUT2D eigenvalue weighted by atomic mass is 32.2. The van der Waals surface area contributed by atoms with Crippen LogP contribution < -0.4 is 10.0 Å². The van der Waals surface area contributed by atoms with Crippen molar-refractivity contribution in [1.29, 1.82) is 0 Å². The number of sulfonamides is 1. The highest BCUT2D eigenvalue weighted by Crippen LogP contribution is 2.28. The van der Waals surface area contributed by atoms with E-state index in [0.717, 1.165) is 22.7 Å². The second kappa shape index (κ2) is 11.1. The van der Waals surface area contributed by atoms with Gasteiger partial charge in [0.25, 0.3) is 5.91 Å². The molecule has 2 atom stereocenters. The molecule has 3 rings (SSSR count). The molecule has 0 aliphatic heterocycles. The lowest BCUT2D eigenvalue weighted by atomic mass is 10.0. The number of hydrogen-bond acceptors (Lipinski definition) is 6. The fourth-order valence-electron chi connectivity index (χ4n) is 4.12. The molecule has 3 aromatic rings. The number of benzene rings is 2. The second-order valence-electron chi connectivity index (χ2n) is 8.70. The third-order valence-corrected chi connectivity index (χ3v) is 6.56. The third-order valence-electron chi connectivity index (χ3n) is 5.97. The number of aromatic nitrogens is 1. The topological polar surface area (TPSA) is 135 Å². The number of aliphatic hydroxyl groups is 1. The first kappa shape index (κ1) is 26.5. The summed E-state index contributed by atoms with van der Waals surface area (Å²) in [6, 6.07) is 10.1. The molecule has 0 radical (unpaired) electrons. The number of fused-ring (bicyclic) bond motifs is 1. The van der Waals surface area contributed by atoms with E-state index in [1.54, 1.807) is 11.0 Å². The summed E-state index contributed by atoms with van der Waals surface area (Å²) in [5.41, 5.74) is 3.03. The lowest BCUT2D eigenvalue weighted by Crippen LogP contribution is -2.32. The number of H-pyrrole nitrogens is 1. The first-order chi connectivity index (χ1) is 16.5. The average molecular weight is 503 g/mol. The zero-order valence-corrected chi connectivity index (χ0v) is 21.3. The van der Waals surface area contributed by atoms with E-state index < -0.39 is 16.1 Å². The van der Waals surface area contributed by atoms with Crippen molar-refractivity contribution in [1.82, 2.24) is 15.2 Å². The molecule has 0 unspecified atom stereocenters. The van der Waals surface area contributed by atoms with Gasteiger partial charge in [-0.15, -0.1) is 0 Å². The number of para-hydroxylation sites is 1. The number of carbonyl (C=O) groups excluding carboxylic acids is 1. The molecule has 0 bridgehead atoms. The largest absolute Gasteiger partial charge is 0.506 e. The Balaban J connectivity index is 1.68. The number of aromatic amines is 1. The standard InChI is InChI=1S/C25H34N4O5S/c1-5-29(6-2)25(32)20-9-7-8-19-18(14-27-24(19)20)12-16(3)26-15-23(31)17-10-11-22(30)21(13-17)28-35(4,33)34/h7-11,13-14,16,23,26-28,30-31H,5-6,12,15H2,1-4H3/t16-,23+/m1/s1. The third kappa shape index (κ3) is 6.53. The fourth-order valence-corrected chi connectivity index (χ4v) is 4.68. The summed E-state index contributed by atoms with van der Waals surface area (Å²) >= 11 is 0. The number of aliphatic hydroxyl groups excluding tert-OH is 1. The van der Waals surface area contributed by atoms with Gasteiger partial charge in [0.1, 0.15) is 5.75 Å². The van der Waals surface area contributed by atoms with Gasteiger partial charge in [0.15, 0.2) is 0 Å². The molecule has 35 heavy (non-hydrogen) atoms. The van der Waals surface area contributed by atoms with Crippen LogP contribution in [0.3, 0.4) is 0 Å². The Labute approximate surface area is 206 Å². The summed E-state index contributed by atoms with van der Waals surface area (Å²) in [6.45, 7) is 7.46. The van der Waals surface area contributed by atoms with Crippen LogP contribution in [-0.2, 0) is 16.4 Å². The molecule has 2 aromatic carbocycles. The summed E-state index contributed by atoms with van der Waals surface area (Å²) in [4.78, 5) is 18.0. The first-order valence-electron chi connectivity index (χ1n) is 11.6. The van der Waals surface area contributed by atoms with E-state index in [1.165, 1.54) is 12.1 Å². The van der Waals surface area contributed by atoms with Crippen molar-refractivity contribution in [2.24, 2.45) is 0 Å². The Morgan fingerprint density at radius 1 is 1.17 bits per heavy atom. The van der Waals surface area contributed by atoms with Crippen molar-refractivity contribution in [3.05, 3.63) is 59.3 Å². The number of phenolic OH excluding ortho intramolecular Hbond substituents is 1. The molecule has 1 heterocycles. The van der Waals surface area contributed by atoms with Crippen molar-refractivity contribution in [2.45, 2.75) is 39.3 Å². The minimum Gasteiger partial charge on any atom is -0.506 e. The minimum absolute atomic E-state index is 0.00178. The van der Waals surface area contributed by atoms with Crippen molar-refractivity contribution >= 4 is 32.5 Å². The quantitative estimate of drug-likeness (QED) is 0.256. The molecule has 10 heteroatoms. The molecule has 1 amide bonds. The van der Waals surface area contributed by atoms with Gasteiger partial charge in [-0.1, -0.05) is 18.2 Å². The van der Waals surface area contributed by atoms with Gasteiger partial charge in [-0.3, -0.25) is 9.52 Å². The average Bonchev–Trinajstić information content (AvgIpc) is 3.21. The molecule has 0 fully saturated rings. The number of hydrogen-bond donors (Lipinski definition) is 5. The van der Waals surface area contributed by atoms with E-state index in [0.29, 0.717) is 30.6 Å². The Morgan fingerprint density at radius 3 is 2.54 bits per heavy atom. The van der Waals surface area contributed by atoms with E-state index >= 15 is 0 Å². The van der Waals surface area contributed by atoms with Crippen LogP contribution in [0.2, 0.25) is 0 Å². The summed E-state index contributed by atoms with van der Waals surface area (Å²) in [5.74, 6) is -0.215. The van der Waals surface area contributed by atoms with Crippen LogP contribution in [0.4, 0.5) is 5.69 Å². The number of rotatable bonds is 11. The number of carbonyl (C=O) groups is 1. The molecule has 1 aromatic heterocycles. The van der Waals surface area contributed by atoms with E-state index in [4.69, 9.17) is 0 Å². The van der Waals surface area contributed by atoms with E-state index in [2.05, 4.69) is 15.0 Å². The highest BCUT2D eigenvalue weighted by molar-refractivity contribution is 7.92. The van der Waals surface area contributed by atoms with Crippen LogP contribution in [0, 0.1) is 0 Å². The molecule has 0 saturated carbocycles. The predicted molar refractivity (Wildman–Crippen MR) is 138 cm³/mol. The number of amides is 1. The molecule has 0 aliphatic rings. The van der Waals surface area contributed by atoms with Crippen LogP contribution >= 0.6 is 0 Å². The predicted octanol–water partition coefficient (Wildman–Crippen LogP) is 2.98. The molecule has 190 valence electrons. The second-order valence-corrected chi connectivity index (χ2v) is 10.4. The van der Waals surface area contributed by atoms with Gasteiger partial charge in [-0.25, -0.2) is 8.42 Å². The minimum atomic E-state index is -3.57. The van der Waals surface area contributed by atoms with Crippen LogP contribution in [0.5, 0.6) is 5.75 Å². The van der Waals surface area contributed by atoms with Gasteiger partial charge >= 0.3 is 0 Å². The molecular weight excluding hydrogens is 468 g/mol. The molecule has 9 nitrogen and oxygen atoms in total. The van der Waals surface area contributed by atoms with E-state index in [1.807, 2.05) is 45.2 Å². The summed E-state index contributed by atoms with van der Waals surface area (Å²) in [7, 11) is -3.57. The Hall–Kier alpha value is -3.08. The molecular formula is C25H34N4O5S. The first-order valence-corrected chi connectivity index (χ1v) is 13.5. The van der Waals surface area contributed by atoms with Crippen molar-refractivity contribution in [2.75, 3.05) is 30.6 Å². The SMILES string of the molecule is CCN(CC)C(=O)c1cccc2c(C[C@@H](C)NC[C@H](O)c3ccc(O)c(NS(C)(=O)=O)c3)c[nH]c12. The van der Waals surface area contributed by atoms with Gasteiger partial charge in [-0.2, -0.15) is 0 Å². The molecule has 0 saturated heterocycles. The maximum absolute atomic E-state index is 12.9. The van der Waals surface area contributed by atoms with Crippen molar-refractivity contribution in [3.8, 4) is 5.75 Å². The summed E-state index contributed by atoms with van der Waals surface area (Å²) < 4.78 is 25.2. The Morgan fingerprint density at radius 2 is 1.89 bits per heavy atom.